The van der Waals surface area contributed by atoms with Gasteiger partial charge in [0.1, 0.15) is 18.0 Å². The lowest BCUT2D eigenvalue weighted by Gasteiger charge is -2.11. The summed E-state index contributed by atoms with van der Waals surface area (Å²) < 4.78 is 35.6. The number of alkyl halides is 3. The first-order valence-corrected chi connectivity index (χ1v) is 5.65. The van der Waals surface area contributed by atoms with Crippen LogP contribution in [0, 0.1) is 6.92 Å². The fourth-order valence-electron chi connectivity index (χ4n) is 1.11. The Kier molecular flexibility index (Phi) is 4.82. The van der Waals surface area contributed by atoms with Gasteiger partial charge in [0.05, 0.1) is 0 Å². The van der Waals surface area contributed by atoms with Crippen LogP contribution in [-0.2, 0) is 0 Å². The number of nitrogens with two attached hydrogens (primary N) is 1. The summed E-state index contributed by atoms with van der Waals surface area (Å²) in [6.45, 7) is 1.88. The molecule has 17 heavy (non-hydrogen) atoms. The number of hydrogen-bond acceptors (Lipinski definition) is 6. The van der Waals surface area contributed by atoms with E-state index in [4.69, 9.17) is 5.84 Å². The van der Waals surface area contributed by atoms with Crippen LogP contribution in [0.5, 0.6) is 0 Å². The van der Waals surface area contributed by atoms with E-state index in [-0.39, 0.29) is 24.1 Å². The van der Waals surface area contributed by atoms with Gasteiger partial charge in [-0.2, -0.15) is 13.2 Å². The average Bonchev–Trinajstić information content (AvgIpc) is 2.25. The maximum Gasteiger partial charge on any atom is 0.441 e. The Morgan fingerprint density at radius 2 is 2.00 bits per heavy atom. The lowest BCUT2D eigenvalue weighted by Crippen LogP contribution is -2.14. The third-order valence-corrected chi connectivity index (χ3v) is 2.62. The maximum absolute atomic E-state index is 11.9. The maximum atomic E-state index is 11.9. The van der Waals surface area contributed by atoms with E-state index in [0.29, 0.717) is 17.2 Å². The van der Waals surface area contributed by atoms with Crippen LogP contribution < -0.4 is 16.6 Å². The summed E-state index contributed by atoms with van der Waals surface area (Å²) in [7, 11) is 0. The Bertz CT molecular complexity index is 371. The number of nitrogens with one attached hydrogen (secondary N) is 2. The van der Waals surface area contributed by atoms with Gasteiger partial charge in [0, 0.05) is 17.9 Å². The van der Waals surface area contributed by atoms with Gasteiger partial charge in [0.2, 0.25) is 0 Å². The van der Waals surface area contributed by atoms with Crippen molar-refractivity contribution in [3.8, 4) is 0 Å². The van der Waals surface area contributed by atoms with Crippen LogP contribution in [0.25, 0.3) is 0 Å². The highest BCUT2D eigenvalue weighted by Gasteiger charge is 2.27. The molecule has 0 unspecified atom stereocenters. The van der Waals surface area contributed by atoms with E-state index in [1.54, 1.807) is 6.92 Å². The highest BCUT2D eigenvalue weighted by molar-refractivity contribution is 8.00. The molecule has 0 fully saturated rings. The zero-order chi connectivity index (χ0) is 12.9. The van der Waals surface area contributed by atoms with Gasteiger partial charge in [-0.25, -0.2) is 15.8 Å². The topological polar surface area (TPSA) is 75.9 Å². The van der Waals surface area contributed by atoms with Crippen LogP contribution in [-0.4, -0.2) is 27.8 Å². The van der Waals surface area contributed by atoms with Crippen molar-refractivity contribution in [2.45, 2.75) is 12.4 Å². The minimum Gasteiger partial charge on any atom is -0.369 e. The molecule has 0 saturated heterocycles. The average molecular weight is 267 g/mol. The molecular formula is C8H12F3N5S. The molecule has 5 nitrogen and oxygen atoms in total. The van der Waals surface area contributed by atoms with Gasteiger partial charge in [-0.3, -0.25) is 0 Å². The Hall–Kier alpha value is -1.22. The van der Waals surface area contributed by atoms with E-state index in [1.165, 1.54) is 6.33 Å². The minimum absolute atomic E-state index is 0.0776. The van der Waals surface area contributed by atoms with Crippen molar-refractivity contribution >= 4 is 23.4 Å². The first-order chi connectivity index (χ1) is 7.94. The fourth-order valence-corrected chi connectivity index (χ4v) is 1.55. The first kappa shape index (κ1) is 13.8. The van der Waals surface area contributed by atoms with Crippen molar-refractivity contribution in [3.63, 3.8) is 0 Å². The molecule has 9 heteroatoms. The number of nitrogens with zero attached hydrogens (tertiary/aromatic N) is 2. The molecule has 1 aromatic heterocycles. The largest absolute Gasteiger partial charge is 0.441 e. The molecule has 0 spiro atoms. The SMILES string of the molecule is Cc1c(NN)ncnc1NCCSC(F)(F)F. The summed E-state index contributed by atoms with van der Waals surface area (Å²) >= 11 is -0.0776. The summed E-state index contributed by atoms with van der Waals surface area (Å²) in [6, 6.07) is 0. The second-order valence-electron chi connectivity index (χ2n) is 3.06. The summed E-state index contributed by atoms with van der Waals surface area (Å²) in [5, 5.41) is 2.79. The van der Waals surface area contributed by atoms with E-state index in [0.717, 1.165) is 0 Å². The quantitative estimate of drug-likeness (QED) is 0.428. The van der Waals surface area contributed by atoms with Gasteiger partial charge in [-0.15, -0.1) is 0 Å². The smallest absolute Gasteiger partial charge is 0.369 e. The van der Waals surface area contributed by atoms with Crippen LogP contribution >= 0.6 is 11.8 Å². The van der Waals surface area contributed by atoms with E-state index in [1.807, 2.05) is 0 Å². The van der Waals surface area contributed by atoms with Crippen LogP contribution in [0.1, 0.15) is 5.56 Å². The summed E-state index contributed by atoms with van der Waals surface area (Å²) in [5.74, 6) is 6.03. The van der Waals surface area contributed by atoms with Gasteiger partial charge in [0.25, 0.3) is 0 Å². The van der Waals surface area contributed by atoms with E-state index < -0.39 is 5.51 Å². The van der Waals surface area contributed by atoms with Crippen molar-refractivity contribution in [1.29, 1.82) is 0 Å². The molecule has 0 atom stereocenters. The standard InChI is InChI=1S/C8H12F3N5S/c1-5-6(14-4-15-7(5)16-12)13-2-3-17-8(9,10)11/h4H,2-3,12H2,1H3,(H2,13,14,15,16). The molecular weight excluding hydrogens is 255 g/mol. The van der Waals surface area contributed by atoms with Crippen molar-refractivity contribution < 1.29 is 13.2 Å². The molecule has 0 aliphatic carbocycles. The van der Waals surface area contributed by atoms with Crippen LogP contribution in [0.2, 0.25) is 0 Å². The number of nitrogen functional groups attached to an aromatic ring is 1. The lowest BCUT2D eigenvalue weighted by molar-refractivity contribution is -0.0327. The second kappa shape index (κ2) is 5.92. The molecule has 0 amide bonds. The first-order valence-electron chi connectivity index (χ1n) is 4.67. The van der Waals surface area contributed by atoms with Gasteiger partial charge >= 0.3 is 5.51 Å². The van der Waals surface area contributed by atoms with E-state index in [2.05, 4.69) is 20.7 Å². The third-order valence-electron chi connectivity index (χ3n) is 1.88. The molecule has 0 radical (unpaired) electrons. The fraction of sp³-hybridized carbons (Fsp3) is 0.500. The highest BCUT2D eigenvalue weighted by atomic mass is 32.2. The zero-order valence-electron chi connectivity index (χ0n) is 9.01. The minimum atomic E-state index is -4.20. The predicted molar refractivity (Wildman–Crippen MR) is 61.6 cm³/mol. The summed E-state index contributed by atoms with van der Waals surface area (Å²) in [4.78, 5) is 7.77. The van der Waals surface area contributed by atoms with Gasteiger partial charge in [-0.05, 0) is 18.7 Å². The molecule has 4 N–H and O–H groups in total. The van der Waals surface area contributed by atoms with Crippen LogP contribution in [0.15, 0.2) is 6.33 Å². The lowest BCUT2D eigenvalue weighted by atomic mass is 10.3. The number of anilines is 2. The Balaban J connectivity index is 2.47. The second-order valence-corrected chi connectivity index (χ2v) is 4.22. The van der Waals surface area contributed by atoms with Crippen LogP contribution in [0.3, 0.4) is 0 Å². The molecule has 0 aliphatic heterocycles. The molecule has 0 bridgehead atoms. The van der Waals surface area contributed by atoms with Gasteiger partial charge in [0.15, 0.2) is 0 Å². The normalized spacial score (nSPS) is 11.4. The molecule has 0 saturated carbocycles. The molecule has 1 heterocycles. The molecule has 0 aromatic carbocycles. The number of hydrogen-bond donors (Lipinski definition) is 3. The molecule has 1 aromatic rings. The Morgan fingerprint density at radius 1 is 1.35 bits per heavy atom. The zero-order valence-corrected chi connectivity index (χ0v) is 9.82. The summed E-state index contributed by atoms with van der Waals surface area (Å²) in [5.41, 5.74) is -1.17. The molecule has 96 valence electrons. The summed E-state index contributed by atoms with van der Waals surface area (Å²) in [6.07, 6.45) is 1.28. The number of thioether (sulfide) groups is 1. The molecule has 1 rings (SSSR count). The van der Waals surface area contributed by atoms with Crippen molar-refractivity contribution in [2.75, 3.05) is 23.0 Å². The Labute approximate surface area is 100 Å². The van der Waals surface area contributed by atoms with Crippen molar-refractivity contribution in [1.82, 2.24) is 9.97 Å². The number of aromatic nitrogens is 2. The van der Waals surface area contributed by atoms with Crippen molar-refractivity contribution in [3.05, 3.63) is 11.9 Å². The van der Waals surface area contributed by atoms with E-state index >= 15 is 0 Å². The Morgan fingerprint density at radius 3 is 2.59 bits per heavy atom. The number of halogens is 3. The number of rotatable bonds is 5. The number of hydrazine groups is 1. The van der Waals surface area contributed by atoms with Crippen molar-refractivity contribution in [2.24, 2.45) is 5.84 Å². The monoisotopic (exact) mass is 267 g/mol. The van der Waals surface area contributed by atoms with Gasteiger partial charge in [-0.1, -0.05) is 0 Å². The molecule has 0 aliphatic rings. The predicted octanol–water partition coefficient (Wildman–Crippen LogP) is 1.74. The van der Waals surface area contributed by atoms with E-state index in [9.17, 15) is 13.2 Å². The van der Waals surface area contributed by atoms with Crippen LogP contribution in [0.4, 0.5) is 24.8 Å². The highest BCUT2D eigenvalue weighted by Crippen LogP contribution is 2.29. The van der Waals surface area contributed by atoms with Gasteiger partial charge < -0.3 is 10.7 Å². The third kappa shape index (κ3) is 4.65.